The lowest BCUT2D eigenvalue weighted by molar-refractivity contribution is -0.119. The summed E-state index contributed by atoms with van der Waals surface area (Å²) >= 11 is 0. The largest absolute Gasteiger partial charge is 0.365 e. The van der Waals surface area contributed by atoms with E-state index in [1.54, 1.807) is 12.3 Å². The Bertz CT molecular complexity index is 1550. The number of fused-ring (bicyclic) bond motifs is 2. The Balaban J connectivity index is 1.42. The number of carbonyl (C=O) groups excluding carboxylic acids is 2. The van der Waals surface area contributed by atoms with Crippen LogP contribution in [0.1, 0.15) is 66.8 Å². The fraction of sp³-hybridized carbons (Fsp3) is 0.423. The minimum absolute atomic E-state index is 0.0180. The minimum atomic E-state index is -4.04. The van der Waals surface area contributed by atoms with E-state index in [9.17, 15) is 22.4 Å². The van der Waals surface area contributed by atoms with Crippen molar-refractivity contribution in [3.05, 3.63) is 53.0 Å². The molecule has 2 aromatic heterocycles. The summed E-state index contributed by atoms with van der Waals surface area (Å²) in [5, 5.41) is 12.5. The molecular weight excluding hydrogens is 525 g/mol. The Kier molecular flexibility index (Phi) is 6.97. The Labute approximate surface area is 225 Å². The van der Waals surface area contributed by atoms with Crippen molar-refractivity contribution in [2.45, 2.75) is 69.0 Å². The van der Waals surface area contributed by atoms with Crippen molar-refractivity contribution in [3.63, 3.8) is 0 Å². The molecule has 4 N–H and O–H groups in total. The van der Waals surface area contributed by atoms with Crippen molar-refractivity contribution in [1.29, 1.82) is 0 Å². The lowest BCUT2D eigenvalue weighted by atomic mass is 10.0. The summed E-state index contributed by atoms with van der Waals surface area (Å²) in [6, 6.07) is 6.69. The Morgan fingerprint density at radius 3 is 2.51 bits per heavy atom. The van der Waals surface area contributed by atoms with Crippen LogP contribution >= 0.6 is 0 Å². The summed E-state index contributed by atoms with van der Waals surface area (Å²) in [5.41, 5.74) is 5.12. The van der Waals surface area contributed by atoms with E-state index in [2.05, 4.69) is 36.1 Å². The number of anilines is 1. The molecule has 2 aliphatic carbocycles. The quantitative estimate of drug-likeness (QED) is 0.309. The Hall–Kier alpha value is -3.71. The summed E-state index contributed by atoms with van der Waals surface area (Å²) in [4.78, 5) is 27.8. The zero-order chi connectivity index (χ0) is 27.9. The molecule has 1 atom stereocenters. The maximum atomic E-state index is 14.3. The van der Waals surface area contributed by atoms with Crippen molar-refractivity contribution in [3.8, 4) is 0 Å². The third-order valence-electron chi connectivity index (χ3n) is 6.66. The SMILES string of the molecule is CC(=O)NNC(=O)c1ccc(N[C@@H]2Cc3cc4cnc(C5CC5)cc4c(S(=O)(=O)NCC(C)(C)F)c3C2)nn1. The van der Waals surface area contributed by atoms with Gasteiger partial charge < -0.3 is 5.32 Å². The molecule has 1 saturated carbocycles. The number of alkyl halides is 1. The van der Waals surface area contributed by atoms with Crippen molar-refractivity contribution in [2.24, 2.45) is 0 Å². The molecule has 0 bridgehead atoms. The zero-order valence-corrected chi connectivity index (χ0v) is 22.7. The van der Waals surface area contributed by atoms with E-state index in [1.807, 2.05) is 12.1 Å². The van der Waals surface area contributed by atoms with Crippen LogP contribution in [0.25, 0.3) is 10.8 Å². The van der Waals surface area contributed by atoms with Gasteiger partial charge in [0.15, 0.2) is 5.69 Å². The van der Waals surface area contributed by atoms with Gasteiger partial charge in [-0.15, -0.1) is 10.2 Å². The average molecular weight is 556 g/mol. The highest BCUT2D eigenvalue weighted by Gasteiger charge is 2.33. The molecule has 0 unspecified atom stereocenters. The summed E-state index contributed by atoms with van der Waals surface area (Å²) in [5.74, 6) is -0.283. The summed E-state index contributed by atoms with van der Waals surface area (Å²) < 4.78 is 43.9. The number of hydrogen-bond acceptors (Lipinski definition) is 8. The van der Waals surface area contributed by atoms with Crippen LogP contribution in [0, 0.1) is 0 Å². The molecule has 2 heterocycles. The smallest absolute Gasteiger partial charge is 0.290 e. The average Bonchev–Trinajstić information content (AvgIpc) is 3.65. The van der Waals surface area contributed by atoms with Crippen LogP contribution in [-0.2, 0) is 27.7 Å². The van der Waals surface area contributed by atoms with Gasteiger partial charge in [-0.3, -0.25) is 25.4 Å². The number of benzene rings is 1. The molecule has 3 aromatic rings. The van der Waals surface area contributed by atoms with Crippen LogP contribution in [0.4, 0.5) is 10.2 Å². The molecule has 2 amide bonds. The van der Waals surface area contributed by atoms with Crippen LogP contribution in [-0.4, -0.2) is 53.7 Å². The molecule has 206 valence electrons. The maximum Gasteiger partial charge on any atom is 0.290 e. The molecule has 0 radical (unpaired) electrons. The first kappa shape index (κ1) is 26.9. The summed E-state index contributed by atoms with van der Waals surface area (Å²) in [6.45, 7) is 3.57. The standard InChI is InChI=1S/C26H30FN7O4S/c1-14(35)31-34-25(36)21-6-7-23(33-32-21)30-18-9-16-8-17-12-28-22(15-4-5-15)11-20(17)24(19(16)10-18)39(37,38)29-13-26(2,3)27/h6-8,11-12,15,18,29H,4-5,9-10,13H2,1-3H3,(H,30,33)(H,31,35)(H,34,36)/t18-/m1/s1. The Morgan fingerprint density at radius 1 is 1.10 bits per heavy atom. The summed E-state index contributed by atoms with van der Waals surface area (Å²) in [7, 11) is -4.04. The van der Waals surface area contributed by atoms with Gasteiger partial charge in [-0.1, -0.05) is 0 Å². The lowest BCUT2D eigenvalue weighted by Gasteiger charge is -2.18. The normalized spacial score (nSPS) is 17.1. The van der Waals surface area contributed by atoms with E-state index in [-0.39, 0.29) is 23.2 Å². The number of amides is 2. The molecule has 0 spiro atoms. The molecular formula is C26H30FN7O4S. The van der Waals surface area contributed by atoms with Gasteiger partial charge in [-0.2, -0.15) is 0 Å². The van der Waals surface area contributed by atoms with Crippen molar-refractivity contribution in [1.82, 2.24) is 30.8 Å². The number of pyridine rings is 1. The molecule has 39 heavy (non-hydrogen) atoms. The van der Waals surface area contributed by atoms with Crippen LogP contribution < -0.4 is 20.9 Å². The number of nitrogens with one attached hydrogen (secondary N) is 4. The molecule has 1 aromatic carbocycles. The number of carbonyl (C=O) groups is 2. The molecule has 1 fully saturated rings. The predicted molar refractivity (Wildman–Crippen MR) is 142 cm³/mol. The predicted octanol–water partition coefficient (Wildman–Crippen LogP) is 2.29. The molecule has 2 aliphatic rings. The first-order valence-corrected chi connectivity index (χ1v) is 14.2. The molecule has 0 aliphatic heterocycles. The van der Waals surface area contributed by atoms with Gasteiger partial charge >= 0.3 is 0 Å². The van der Waals surface area contributed by atoms with Gasteiger partial charge in [0.1, 0.15) is 11.5 Å². The number of hydrazine groups is 1. The van der Waals surface area contributed by atoms with Gasteiger partial charge in [0.2, 0.25) is 15.9 Å². The monoisotopic (exact) mass is 555 g/mol. The highest BCUT2D eigenvalue weighted by atomic mass is 32.2. The number of rotatable bonds is 8. The van der Waals surface area contributed by atoms with Gasteiger partial charge in [0, 0.05) is 48.1 Å². The second-order valence-electron chi connectivity index (χ2n) is 10.7. The topological polar surface area (TPSA) is 155 Å². The molecule has 5 rings (SSSR count). The van der Waals surface area contributed by atoms with Crippen LogP contribution in [0.2, 0.25) is 0 Å². The third kappa shape index (κ3) is 6.14. The van der Waals surface area contributed by atoms with E-state index < -0.39 is 27.5 Å². The second-order valence-corrected chi connectivity index (χ2v) is 12.4. The highest BCUT2D eigenvalue weighted by Crippen LogP contribution is 2.42. The van der Waals surface area contributed by atoms with Crippen LogP contribution in [0.15, 0.2) is 35.4 Å². The van der Waals surface area contributed by atoms with E-state index in [0.717, 1.165) is 24.1 Å². The fourth-order valence-electron chi connectivity index (χ4n) is 4.67. The van der Waals surface area contributed by atoms with Gasteiger partial charge in [-0.25, -0.2) is 17.5 Å². The van der Waals surface area contributed by atoms with E-state index >= 15 is 0 Å². The van der Waals surface area contributed by atoms with E-state index in [4.69, 9.17) is 0 Å². The third-order valence-corrected chi connectivity index (χ3v) is 8.19. The van der Waals surface area contributed by atoms with Crippen molar-refractivity contribution >= 4 is 38.4 Å². The van der Waals surface area contributed by atoms with Crippen molar-refractivity contribution in [2.75, 3.05) is 11.9 Å². The number of halogens is 1. The minimum Gasteiger partial charge on any atom is -0.365 e. The van der Waals surface area contributed by atoms with Gasteiger partial charge in [-0.05, 0) is 74.9 Å². The first-order valence-electron chi connectivity index (χ1n) is 12.7. The Morgan fingerprint density at radius 2 is 1.87 bits per heavy atom. The fourth-order valence-corrected chi connectivity index (χ4v) is 6.35. The number of aromatic nitrogens is 3. The maximum absolute atomic E-state index is 14.3. The van der Waals surface area contributed by atoms with Crippen molar-refractivity contribution < 1.29 is 22.4 Å². The van der Waals surface area contributed by atoms with Crippen LogP contribution in [0.3, 0.4) is 0 Å². The molecule has 11 nitrogen and oxygen atoms in total. The van der Waals surface area contributed by atoms with Gasteiger partial charge in [0.25, 0.3) is 5.91 Å². The number of nitrogens with zero attached hydrogens (tertiary/aromatic N) is 3. The summed E-state index contributed by atoms with van der Waals surface area (Å²) in [6.07, 6.45) is 4.70. The first-order chi connectivity index (χ1) is 18.4. The number of sulfonamides is 1. The molecule has 0 saturated heterocycles. The lowest BCUT2D eigenvalue weighted by Crippen LogP contribution is -2.40. The zero-order valence-electron chi connectivity index (χ0n) is 21.8. The molecule has 13 heteroatoms. The van der Waals surface area contributed by atoms with E-state index in [1.165, 1.54) is 26.8 Å². The highest BCUT2D eigenvalue weighted by molar-refractivity contribution is 7.89. The van der Waals surface area contributed by atoms with Crippen LogP contribution in [0.5, 0.6) is 0 Å². The van der Waals surface area contributed by atoms with E-state index in [0.29, 0.717) is 40.9 Å². The second kappa shape index (κ2) is 10.1. The number of hydrogen-bond donors (Lipinski definition) is 4. The van der Waals surface area contributed by atoms with Gasteiger partial charge in [0.05, 0.1) is 4.90 Å².